The van der Waals surface area contributed by atoms with Gasteiger partial charge in [-0.3, -0.25) is 0 Å². The Hall–Kier alpha value is -1.49. The van der Waals surface area contributed by atoms with Crippen LogP contribution in [0.5, 0.6) is 5.75 Å². The summed E-state index contributed by atoms with van der Waals surface area (Å²) < 4.78 is 5.10. The van der Waals surface area contributed by atoms with Crippen molar-refractivity contribution in [2.45, 2.75) is 33.1 Å². The molecule has 0 amide bonds. The van der Waals surface area contributed by atoms with Gasteiger partial charge in [0.25, 0.3) is 0 Å². The second-order valence-electron chi connectivity index (χ2n) is 4.70. The number of rotatable bonds is 5. The molecule has 2 heteroatoms. The number of hydrogen-bond acceptors (Lipinski definition) is 2. The smallest absolute Gasteiger partial charge is 0.118 e. The number of aryl methyl sites for hydroxylation is 1. The van der Waals surface area contributed by atoms with Crippen LogP contribution in [0.1, 0.15) is 32.3 Å². The van der Waals surface area contributed by atoms with Gasteiger partial charge in [-0.25, -0.2) is 0 Å². The van der Waals surface area contributed by atoms with Crippen molar-refractivity contribution in [2.24, 2.45) is 5.41 Å². The number of ether oxygens (including phenoxy) is 1. The van der Waals surface area contributed by atoms with E-state index in [-0.39, 0.29) is 5.41 Å². The molecule has 1 rings (SSSR count). The molecule has 0 spiro atoms. The summed E-state index contributed by atoms with van der Waals surface area (Å²) in [7, 11) is 1.67. The minimum Gasteiger partial charge on any atom is -0.497 e. The topological polar surface area (TPSA) is 33.0 Å². The van der Waals surface area contributed by atoms with Gasteiger partial charge in [-0.2, -0.15) is 5.26 Å². The SMILES string of the molecule is COc1ccc(CCCC(C)(C)C#N)cc1. The molecule has 0 atom stereocenters. The predicted octanol–water partition coefficient (Wildman–Crippen LogP) is 3.57. The minimum absolute atomic E-state index is 0.202. The van der Waals surface area contributed by atoms with Gasteiger partial charge in [0.15, 0.2) is 0 Å². The van der Waals surface area contributed by atoms with Crippen LogP contribution in [-0.4, -0.2) is 7.11 Å². The highest BCUT2D eigenvalue weighted by Gasteiger charge is 2.15. The maximum Gasteiger partial charge on any atom is 0.118 e. The molecule has 0 saturated heterocycles. The molecule has 16 heavy (non-hydrogen) atoms. The van der Waals surface area contributed by atoms with E-state index in [2.05, 4.69) is 18.2 Å². The van der Waals surface area contributed by atoms with Crippen molar-refractivity contribution in [3.63, 3.8) is 0 Å². The molecule has 0 aliphatic rings. The third-order valence-corrected chi connectivity index (χ3v) is 2.73. The summed E-state index contributed by atoms with van der Waals surface area (Å²) in [6.45, 7) is 3.97. The van der Waals surface area contributed by atoms with Crippen molar-refractivity contribution < 1.29 is 4.74 Å². The maximum absolute atomic E-state index is 8.89. The van der Waals surface area contributed by atoms with Crippen LogP contribution in [0.4, 0.5) is 0 Å². The Kier molecular flexibility index (Phi) is 4.37. The van der Waals surface area contributed by atoms with Gasteiger partial charge in [0, 0.05) is 0 Å². The Morgan fingerprint density at radius 2 is 1.88 bits per heavy atom. The average Bonchev–Trinajstić information content (AvgIpc) is 2.30. The van der Waals surface area contributed by atoms with Crippen LogP contribution >= 0.6 is 0 Å². The van der Waals surface area contributed by atoms with E-state index >= 15 is 0 Å². The van der Waals surface area contributed by atoms with Crippen LogP contribution in [0.15, 0.2) is 24.3 Å². The lowest BCUT2D eigenvalue weighted by Gasteiger charge is -2.14. The zero-order valence-electron chi connectivity index (χ0n) is 10.3. The van der Waals surface area contributed by atoms with Crippen LogP contribution in [0, 0.1) is 16.7 Å². The summed E-state index contributed by atoms with van der Waals surface area (Å²) in [4.78, 5) is 0. The molecule has 0 radical (unpaired) electrons. The molecule has 86 valence electrons. The average molecular weight is 217 g/mol. The fraction of sp³-hybridized carbons (Fsp3) is 0.500. The molecule has 0 unspecified atom stereocenters. The summed E-state index contributed by atoms with van der Waals surface area (Å²) in [5.41, 5.74) is 1.10. The van der Waals surface area contributed by atoms with Gasteiger partial charge in [0.05, 0.1) is 18.6 Å². The third kappa shape index (κ3) is 3.94. The van der Waals surface area contributed by atoms with E-state index in [9.17, 15) is 0 Å². The quantitative estimate of drug-likeness (QED) is 0.755. The summed E-state index contributed by atoms with van der Waals surface area (Å²) in [6.07, 6.45) is 3.01. The Morgan fingerprint density at radius 3 is 2.38 bits per heavy atom. The first-order valence-corrected chi connectivity index (χ1v) is 5.61. The Balaban J connectivity index is 2.41. The van der Waals surface area contributed by atoms with E-state index in [1.165, 1.54) is 5.56 Å². The molecule has 1 aromatic carbocycles. The number of methoxy groups -OCH3 is 1. The van der Waals surface area contributed by atoms with E-state index in [4.69, 9.17) is 10.00 Å². The lowest BCUT2D eigenvalue weighted by Crippen LogP contribution is -2.07. The molecule has 0 fully saturated rings. The van der Waals surface area contributed by atoms with Gasteiger partial charge < -0.3 is 4.74 Å². The first-order valence-electron chi connectivity index (χ1n) is 5.61. The summed E-state index contributed by atoms with van der Waals surface area (Å²) >= 11 is 0. The first kappa shape index (κ1) is 12.6. The first-order chi connectivity index (χ1) is 7.57. The van der Waals surface area contributed by atoms with Crippen LogP contribution in [0.2, 0.25) is 0 Å². The van der Waals surface area contributed by atoms with Crippen molar-refractivity contribution >= 4 is 0 Å². The second-order valence-corrected chi connectivity index (χ2v) is 4.70. The molecular weight excluding hydrogens is 198 g/mol. The van der Waals surface area contributed by atoms with Gasteiger partial charge in [-0.05, 0) is 50.8 Å². The van der Waals surface area contributed by atoms with Crippen LogP contribution in [0.25, 0.3) is 0 Å². The lowest BCUT2D eigenvalue weighted by molar-refractivity contribution is 0.414. The molecular formula is C14H19NO. The van der Waals surface area contributed by atoms with E-state index in [0.29, 0.717) is 0 Å². The summed E-state index contributed by atoms with van der Waals surface area (Å²) in [6, 6.07) is 10.4. The Bertz CT molecular complexity index is 359. The minimum atomic E-state index is -0.202. The van der Waals surface area contributed by atoms with Gasteiger partial charge in [-0.1, -0.05) is 12.1 Å². The molecule has 0 aliphatic heterocycles. The number of nitrogens with zero attached hydrogens (tertiary/aromatic N) is 1. The van der Waals surface area contributed by atoms with Crippen LogP contribution in [0.3, 0.4) is 0 Å². The highest BCUT2D eigenvalue weighted by molar-refractivity contribution is 5.27. The lowest BCUT2D eigenvalue weighted by atomic mass is 9.88. The Labute approximate surface area is 97.9 Å². The number of benzene rings is 1. The van der Waals surface area contributed by atoms with Crippen LogP contribution < -0.4 is 4.74 Å². The zero-order chi connectivity index (χ0) is 12.0. The number of nitriles is 1. The highest BCUT2D eigenvalue weighted by Crippen LogP contribution is 2.22. The van der Waals surface area contributed by atoms with Gasteiger partial charge >= 0.3 is 0 Å². The van der Waals surface area contributed by atoms with Crippen molar-refractivity contribution in [3.05, 3.63) is 29.8 Å². The van der Waals surface area contributed by atoms with E-state index in [1.807, 2.05) is 26.0 Å². The van der Waals surface area contributed by atoms with Crippen LogP contribution in [-0.2, 0) is 6.42 Å². The van der Waals surface area contributed by atoms with Gasteiger partial charge in [0.1, 0.15) is 5.75 Å². The normalized spacial score (nSPS) is 10.9. The fourth-order valence-corrected chi connectivity index (χ4v) is 1.58. The predicted molar refractivity (Wildman–Crippen MR) is 65.3 cm³/mol. The monoisotopic (exact) mass is 217 g/mol. The van der Waals surface area contributed by atoms with Crippen molar-refractivity contribution in [3.8, 4) is 11.8 Å². The molecule has 0 heterocycles. The zero-order valence-corrected chi connectivity index (χ0v) is 10.3. The van der Waals surface area contributed by atoms with E-state index < -0.39 is 0 Å². The van der Waals surface area contributed by atoms with E-state index in [0.717, 1.165) is 25.0 Å². The maximum atomic E-state index is 8.89. The molecule has 0 bridgehead atoms. The highest BCUT2D eigenvalue weighted by atomic mass is 16.5. The van der Waals surface area contributed by atoms with Crippen molar-refractivity contribution in [2.75, 3.05) is 7.11 Å². The van der Waals surface area contributed by atoms with Gasteiger partial charge in [0.2, 0.25) is 0 Å². The number of hydrogen-bond donors (Lipinski definition) is 0. The van der Waals surface area contributed by atoms with Crippen molar-refractivity contribution in [1.82, 2.24) is 0 Å². The van der Waals surface area contributed by atoms with E-state index in [1.54, 1.807) is 7.11 Å². The Morgan fingerprint density at radius 1 is 1.25 bits per heavy atom. The standard InChI is InChI=1S/C14H19NO/c1-14(2,11-15)10-4-5-12-6-8-13(16-3)9-7-12/h6-9H,4-5,10H2,1-3H3. The molecule has 2 nitrogen and oxygen atoms in total. The van der Waals surface area contributed by atoms with Gasteiger partial charge in [-0.15, -0.1) is 0 Å². The second kappa shape index (κ2) is 5.55. The molecule has 0 N–H and O–H groups in total. The fourth-order valence-electron chi connectivity index (χ4n) is 1.58. The third-order valence-electron chi connectivity index (χ3n) is 2.73. The summed E-state index contributed by atoms with van der Waals surface area (Å²) in [5, 5.41) is 8.89. The largest absolute Gasteiger partial charge is 0.497 e. The summed E-state index contributed by atoms with van der Waals surface area (Å²) in [5.74, 6) is 0.890. The van der Waals surface area contributed by atoms with Crippen molar-refractivity contribution in [1.29, 1.82) is 5.26 Å². The molecule has 0 aromatic heterocycles. The molecule has 1 aromatic rings. The molecule has 0 aliphatic carbocycles. The molecule has 0 saturated carbocycles.